The number of likely N-dealkylation sites (N-methyl/N-ethyl adjacent to an activating group) is 1. The van der Waals surface area contributed by atoms with Gasteiger partial charge in [-0.25, -0.2) is 9.67 Å². The second-order valence-electron chi connectivity index (χ2n) is 3.65. The summed E-state index contributed by atoms with van der Waals surface area (Å²) in [7, 11) is 3.23. The van der Waals surface area contributed by atoms with E-state index < -0.39 is 0 Å². The molecule has 1 aromatic rings. The van der Waals surface area contributed by atoms with Crippen molar-refractivity contribution in [2.24, 2.45) is 0 Å². The SMILES string of the molecule is CCCn1ncnc1CN(C)CC(=O)OC. The van der Waals surface area contributed by atoms with Gasteiger partial charge in [-0.2, -0.15) is 5.10 Å². The molecule has 0 aliphatic heterocycles. The van der Waals surface area contributed by atoms with Gasteiger partial charge in [0.25, 0.3) is 0 Å². The van der Waals surface area contributed by atoms with Gasteiger partial charge in [0.15, 0.2) is 0 Å². The van der Waals surface area contributed by atoms with E-state index in [9.17, 15) is 4.79 Å². The normalized spacial score (nSPS) is 10.8. The van der Waals surface area contributed by atoms with Crippen LogP contribution >= 0.6 is 0 Å². The quantitative estimate of drug-likeness (QED) is 0.653. The van der Waals surface area contributed by atoms with Gasteiger partial charge < -0.3 is 4.74 Å². The number of methoxy groups -OCH3 is 1. The van der Waals surface area contributed by atoms with Gasteiger partial charge >= 0.3 is 5.97 Å². The number of carbonyl (C=O) groups is 1. The highest BCUT2D eigenvalue weighted by atomic mass is 16.5. The van der Waals surface area contributed by atoms with Crippen LogP contribution in [0.2, 0.25) is 0 Å². The van der Waals surface area contributed by atoms with Crippen LogP contribution in [0.3, 0.4) is 0 Å². The number of hydrogen-bond donors (Lipinski definition) is 0. The minimum atomic E-state index is -0.246. The zero-order valence-electron chi connectivity index (χ0n) is 10.0. The van der Waals surface area contributed by atoms with Crippen molar-refractivity contribution in [1.82, 2.24) is 19.7 Å². The summed E-state index contributed by atoms with van der Waals surface area (Å²) in [6.07, 6.45) is 2.55. The molecular formula is C10H18N4O2. The zero-order valence-corrected chi connectivity index (χ0v) is 10.0. The third-order valence-corrected chi connectivity index (χ3v) is 2.17. The molecule has 0 fully saturated rings. The molecule has 0 bridgehead atoms. The van der Waals surface area contributed by atoms with Gasteiger partial charge in [-0.15, -0.1) is 0 Å². The largest absolute Gasteiger partial charge is 0.468 e. The maximum absolute atomic E-state index is 11.1. The van der Waals surface area contributed by atoms with Gasteiger partial charge in [0, 0.05) is 6.54 Å². The summed E-state index contributed by atoms with van der Waals surface area (Å²) < 4.78 is 6.45. The lowest BCUT2D eigenvalue weighted by atomic mass is 10.4. The average molecular weight is 226 g/mol. The van der Waals surface area contributed by atoms with Crippen LogP contribution in [-0.4, -0.2) is 46.3 Å². The molecule has 0 aliphatic carbocycles. The Hall–Kier alpha value is -1.43. The van der Waals surface area contributed by atoms with Crippen molar-refractivity contribution < 1.29 is 9.53 Å². The lowest BCUT2D eigenvalue weighted by Gasteiger charge is -2.14. The molecule has 6 nitrogen and oxygen atoms in total. The molecule has 0 saturated carbocycles. The molecule has 0 saturated heterocycles. The summed E-state index contributed by atoms with van der Waals surface area (Å²) in [6.45, 7) is 3.79. The fraction of sp³-hybridized carbons (Fsp3) is 0.700. The third kappa shape index (κ3) is 3.62. The Morgan fingerprint density at radius 2 is 2.38 bits per heavy atom. The Morgan fingerprint density at radius 3 is 3.00 bits per heavy atom. The highest BCUT2D eigenvalue weighted by Crippen LogP contribution is 2.00. The maximum Gasteiger partial charge on any atom is 0.319 e. The smallest absolute Gasteiger partial charge is 0.319 e. The second-order valence-corrected chi connectivity index (χ2v) is 3.65. The van der Waals surface area contributed by atoms with Crippen molar-refractivity contribution in [3.63, 3.8) is 0 Å². The van der Waals surface area contributed by atoms with Crippen LogP contribution in [0.25, 0.3) is 0 Å². The van der Waals surface area contributed by atoms with E-state index in [2.05, 4.69) is 21.7 Å². The second kappa shape index (κ2) is 6.22. The Balaban J connectivity index is 2.51. The van der Waals surface area contributed by atoms with Crippen LogP contribution in [0.5, 0.6) is 0 Å². The van der Waals surface area contributed by atoms with Crippen molar-refractivity contribution in [1.29, 1.82) is 0 Å². The summed E-state index contributed by atoms with van der Waals surface area (Å²) in [4.78, 5) is 17.1. The standard InChI is InChI=1S/C10H18N4O2/c1-4-5-14-9(11-8-12-14)6-13(2)7-10(15)16-3/h8H,4-7H2,1-3H3. The first kappa shape index (κ1) is 12.6. The third-order valence-electron chi connectivity index (χ3n) is 2.17. The lowest BCUT2D eigenvalue weighted by Crippen LogP contribution is -2.27. The Labute approximate surface area is 95.2 Å². The molecule has 0 amide bonds. The van der Waals surface area contributed by atoms with Gasteiger partial charge in [0.2, 0.25) is 0 Å². The molecule has 0 atom stereocenters. The van der Waals surface area contributed by atoms with Crippen molar-refractivity contribution >= 4 is 5.97 Å². The van der Waals surface area contributed by atoms with Crippen LogP contribution in [0.4, 0.5) is 0 Å². The number of hydrogen-bond acceptors (Lipinski definition) is 5. The van der Waals surface area contributed by atoms with Crippen LogP contribution in [0.1, 0.15) is 19.2 Å². The van der Waals surface area contributed by atoms with Crippen molar-refractivity contribution in [2.45, 2.75) is 26.4 Å². The van der Waals surface area contributed by atoms with E-state index in [0.717, 1.165) is 18.8 Å². The summed E-state index contributed by atoms with van der Waals surface area (Å²) in [5, 5.41) is 4.12. The first-order valence-electron chi connectivity index (χ1n) is 5.29. The van der Waals surface area contributed by atoms with E-state index in [1.54, 1.807) is 0 Å². The number of ether oxygens (including phenoxy) is 1. The molecule has 1 rings (SSSR count). The molecule has 16 heavy (non-hydrogen) atoms. The summed E-state index contributed by atoms with van der Waals surface area (Å²) in [6, 6.07) is 0. The molecule has 90 valence electrons. The summed E-state index contributed by atoms with van der Waals surface area (Å²) in [5.41, 5.74) is 0. The molecular weight excluding hydrogens is 208 g/mol. The van der Waals surface area contributed by atoms with Crippen LogP contribution < -0.4 is 0 Å². The van der Waals surface area contributed by atoms with Gasteiger partial charge in [0.05, 0.1) is 20.2 Å². The van der Waals surface area contributed by atoms with Crippen LogP contribution in [0.15, 0.2) is 6.33 Å². The van der Waals surface area contributed by atoms with E-state index >= 15 is 0 Å². The van der Waals surface area contributed by atoms with Gasteiger partial charge in [0.1, 0.15) is 12.2 Å². The number of rotatable bonds is 6. The van der Waals surface area contributed by atoms with Crippen molar-refractivity contribution in [3.05, 3.63) is 12.2 Å². The molecule has 0 unspecified atom stereocenters. The monoisotopic (exact) mass is 226 g/mol. The molecule has 1 aromatic heterocycles. The predicted molar refractivity (Wildman–Crippen MR) is 58.7 cm³/mol. The zero-order chi connectivity index (χ0) is 12.0. The lowest BCUT2D eigenvalue weighted by molar-refractivity contribution is -0.141. The van der Waals surface area contributed by atoms with Crippen LogP contribution in [0, 0.1) is 0 Å². The molecule has 0 aliphatic rings. The molecule has 0 spiro atoms. The van der Waals surface area contributed by atoms with E-state index in [-0.39, 0.29) is 12.5 Å². The minimum absolute atomic E-state index is 0.246. The number of aromatic nitrogens is 3. The molecule has 6 heteroatoms. The Bertz CT molecular complexity index is 337. The number of esters is 1. The first-order valence-corrected chi connectivity index (χ1v) is 5.29. The van der Waals surface area contributed by atoms with E-state index in [1.165, 1.54) is 13.4 Å². The Morgan fingerprint density at radius 1 is 1.62 bits per heavy atom. The maximum atomic E-state index is 11.1. The number of nitrogens with zero attached hydrogens (tertiary/aromatic N) is 4. The number of carbonyl (C=O) groups excluding carboxylic acids is 1. The van der Waals surface area contributed by atoms with Gasteiger partial charge in [-0.3, -0.25) is 9.69 Å². The molecule has 0 aromatic carbocycles. The van der Waals surface area contributed by atoms with Gasteiger partial charge in [-0.05, 0) is 13.5 Å². The first-order chi connectivity index (χ1) is 7.67. The van der Waals surface area contributed by atoms with Gasteiger partial charge in [-0.1, -0.05) is 6.92 Å². The Kier molecular flexibility index (Phi) is 4.91. The fourth-order valence-electron chi connectivity index (χ4n) is 1.39. The molecule has 0 radical (unpaired) electrons. The summed E-state index contributed by atoms with van der Waals surface area (Å²) in [5.74, 6) is 0.623. The van der Waals surface area contributed by atoms with Crippen molar-refractivity contribution in [2.75, 3.05) is 20.7 Å². The topological polar surface area (TPSA) is 60.2 Å². The minimum Gasteiger partial charge on any atom is -0.468 e. The van der Waals surface area contributed by atoms with E-state index in [4.69, 9.17) is 0 Å². The van der Waals surface area contributed by atoms with E-state index in [0.29, 0.717) is 6.54 Å². The van der Waals surface area contributed by atoms with E-state index in [1.807, 2.05) is 16.6 Å². The number of aryl methyl sites for hydroxylation is 1. The molecule has 1 heterocycles. The predicted octanol–water partition coefficient (Wildman–Crippen LogP) is 0.293. The van der Waals surface area contributed by atoms with Crippen LogP contribution in [-0.2, 0) is 22.6 Å². The summed E-state index contributed by atoms with van der Waals surface area (Å²) >= 11 is 0. The fourth-order valence-corrected chi connectivity index (χ4v) is 1.39. The van der Waals surface area contributed by atoms with Crippen molar-refractivity contribution in [3.8, 4) is 0 Å². The highest BCUT2D eigenvalue weighted by molar-refractivity contribution is 5.71. The highest BCUT2D eigenvalue weighted by Gasteiger charge is 2.10. The average Bonchev–Trinajstić information content (AvgIpc) is 2.66. The molecule has 0 N–H and O–H groups in total.